The molecule has 1 aromatic heterocycles. The highest BCUT2D eigenvalue weighted by molar-refractivity contribution is 7.90. The number of rotatable bonds is 4. The lowest BCUT2D eigenvalue weighted by molar-refractivity contribution is -0.137. The molecule has 0 atom stereocenters. The van der Waals surface area contributed by atoms with E-state index in [1.807, 2.05) is 0 Å². The van der Waals surface area contributed by atoms with Crippen molar-refractivity contribution in [3.8, 4) is 5.75 Å². The van der Waals surface area contributed by atoms with Gasteiger partial charge in [0, 0.05) is 23.4 Å². The Hall–Kier alpha value is -3.52. The van der Waals surface area contributed by atoms with Gasteiger partial charge in [-0.05, 0) is 24.3 Å². The molecule has 2 aromatic carbocycles. The summed E-state index contributed by atoms with van der Waals surface area (Å²) in [6.45, 7) is 7.75. The first kappa shape index (κ1) is 20.7. The van der Waals surface area contributed by atoms with Gasteiger partial charge in [0.1, 0.15) is 18.1 Å². The molecule has 0 N–H and O–H groups in total. The molecule has 0 amide bonds. The maximum absolute atomic E-state index is 13.0. The van der Waals surface area contributed by atoms with E-state index >= 15 is 0 Å². The van der Waals surface area contributed by atoms with Crippen LogP contribution >= 0.6 is 0 Å². The number of hydrogen-bond acceptors (Lipinski definition) is 6. The van der Waals surface area contributed by atoms with Gasteiger partial charge in [-0.1, -0.05) is 11.2 Å². The van der Waals surface area contributed by atoms with Crippen molar-refractivity contribution in [3.63, 3.8) is 0 Å². The third kappa shape index (κ3) is 4.06. The van der Waals surface area contributed by atoms with Gasteiger partial charge in [-0.15, -0.1) is 0 Å². The lowest BCUT2D eigenvalue weighted by atomic mass is 10.1. The number of nitrogens with zero attached hydrogens (tertiary/aromatic N) is 3. The average molecular weight is 449 g/mol. The molecular formula is C20H14F3N3O4S. The number of halogens is 3. The zero-order valence-corrected chi connectivity index (χ0v) is 16.6. The fraction of sp³-hybridized carbons (Fsp3) is 0.200. The highest BCUT2D eigenvalue weighted by Crippen LogP contribution is 2.43. The highest BCUT2D eigenvalue weighted by atomic mass is 32.2. The zero-order chi connectivity index (χ0) is 22.2. The van der Waals surface area contributed by atoms with Gasteiger partial charge in [0.15, 0.2) is 15.6 Å². The smallest absolute Gasteiger partial charge is 0.415 e. The van der Waals surface area contributed by atoms with Crippen molar-refractivity contribution in [2.24, 2.45) is 0 Å². The molecule has 0 fully saturated rings. The Labute approximate surface area is 175 Å². The van der Waals surface area contributed by atoms with Crippen LogP contribution in [0.1, 0.15) is 11.3 Å². The number of ether oxygens (including phenoxy) is 1. The number of aromatic nitrogens is 1. The standard InChI is InChI=1S/C20H14F3N3O4S/c1-24-16-10-13(20(21,22)23)2-4-17(16)26-8-9-29-19-11-15(3-5-18(19)26)31(27,28)12-14-6-7-25-30-14/h2-7,10-11H,8-9,12H2. The molecule has 31 heavy (non-hydrogen) atoms. The average Bonchev–Trinajstić information content (AvgIpc) is 3.24. The van der Waals surface area contributed by atoms with Crippen LogP contribution in [0.15, 0.2) is 58.1 Å². The highest BCUT2D eigenvalue weighted by Gasteiger charge is 2.32. The molecule has 0 radical (unpaired) electrons. The Bertz CT molecular complexity index is 1270. The summed E-state index contributed by atoms with van der Waals surface area (Å²) in [5, 5.41) is 3.49. The first-order chi connectivity index (χ1) is 14.7. The maximum Gasteiger partial charge on any atom is 0.415 e. The van der Waals surface area contributed by atoms with Crippen LogP contribution < -0.4 is 9.64 Å². The van der Waals surface area contributed by atoms with Crippen molar-refractivity contribution in [3.05, 3.63) is 71.4 Å². The number of anilines is 2. The third-order valence-electron chi connectivity index (χ3n) is 4.69. The van der Waals surface area contributed by atoms with Crippen LogP contribution in [0, 0.1) is 6.57 Å². The summed E-state index contributed by atoms with van der Waals surface area (Å²) in [5.41, 5.74) is -0.339. The normalized spacial score (nSPS) is 13.9. The van der Waals surface area contributed by atoms with Crippen molar-refractivity contribution in [2.45, 2.75) is 16.8 Å². The summed E-state index contributed by atoms with van der Waals surface area (Å²) >= 11 is 0. The van der Waals surface area contributed by atoms with Gasteiger partial charge in [0.05, 0.1) is 29.9 Å². The lowest BCUT2D eigenvalue weighted by Crippen LogP contribution is -2.28. The van der Waals surface area contributed by atoms with Crippen LogP contribution in [0.3, 0.4) is 0 Å². The Morgan fingerprint density at radius 2 is 1.90 bits per heavy atom. The number of sulfone groups is 1. The third-order valence-corrected chi connectivity index (χ3v) is 6.33. The second-order valence-corrected chi connectivity index (χ2v) is 8.67. The number of benzene rings is 2. The molecule has 0 aliphatic carbocycles. The van der Waals surface area contributed by atoms with E-state index in [1.165, 1.54) is 36.5 Å². The molecule has 0 saturated heterocycles. The zero-order valence-electron chi connectivity index (χ0n) is 15.8. The first-order valence-electron chi connectivity index (χ1n) is 8.94. The lowest BCUT2D eigenvalue weighted by Gasteiger charge is -2.32. The van der Waals surface area contributed by atoms with Gasteiger partial charge in [0.25, 0.3) is 0 Å². The topological polar surface area (TPSA) is 77.0 Å². The minimum absolute atomic E-state index is 0.00215. The number of fused-ring (bicyclic) bond motifs is 1. The largest absolute Gasteiger partial charge is 0.489 e. The number of hydrogen-bond donors (Lipinski definition) is 0. The van der Waals surface area contributed by atoms with Crippen LogP contribution in [0.4, 0.5) is 30.2 Å². The van der Waals surface area contributed by atoms with Gasteiger partial charge in [0.2, 0.25) is 5.69 Å². The van der Waals surface area contributed by atoms with Crippen LogP contribution in [-0.2, 0) is 21.8 Å². The van der Waals surface area contributed by atoms with Gasteiger partial charge in [-0.3, -0.25) is 0 Å². The van der Waals surface area contributed by atoms with Crippen LogP contribution in [-0.4, -0.2) is 26.7 Å². The van der Waals surface area contributed by atoms with Crippen molar-refractivity contribution in [1.29, 1.82) is 0 Å². The van der Waals surface area contributed by atoms with E-state index < -0.39 is 21.6 Å². The van der Waals surface area contributed by atoms with Crippen LogP contribution in [0.2, 0.25) is 0 Å². The summed E-state index contributed by atoms with van der Waals surface area (Å²) in [4.78, 5) is 4.89. The van der Waals surface area contributed by atoms with Gasteiger partial charge < -0.3 is 14.2 Å². The summed E-state index contributed by atoms with van der Waals surface area (Å²) in [6.07, 6.45) is -3.22. The van der Waals surface area contributed by atoms with E-state index in [2.05, 4.69) is 10.0 Å². The molecule has 7 nitrogen and oxygen atoms in total. The summed E-state index contributed by atoms with van der Waals surface area (Å²) < 4.78 is 74.8. The predicted molar refractivity (Wildman–Crippen MR) is 104 cm³/mol. The second-order valence-electron chi connectivity index (χ2n) is 6.68. The molecule has 0 spiro atoms. The molecule has 3 aromatic rings. The van der Waals surface area contributed by atoms with E-state index in [0.29, 0.717) is 5.69 Å². The Kier molecular flexibility index (Phi) is 5.10. The molecule has 1 aliphatic rings. The fourth-order valence-electron chi connectivity index (χ4n) is 3.25. The molecule has 11 heteroatoms. The van der Waals surface area contributed by atoms with Crippen LogP contribution in [0.5, 0.6) is 5.75 Å². The molecule has 2 heterocycles. The predicted octanol–water partition coefficient (Wildman–Crippen LogP) is 4.75. The van der Waals surface area contributed by atoms with Crippen molar-refractivity contribution >= 4 is 26.9 Å². The van der Waals surface area contributed by atoms with E-state index in [4.69, 9.17) is 15.8 Å². The first-order valence-corrected chi connectivity index (χ1v) is 10.6. The van der Waals surface area contributed by atoms with Crippen molar-refractivity contribution in [1.82, 2.24) is 5.16 Å². The minimum Gasteiger partial charge on any atom is -0.489 e. The maximum atomic E-state index is 13.0. The summed E-state index contributed by atoms with van der Waals surface area (Å²) in [5.74, 6) is 0.0588. The fourth-order valence-corrected chi connectivity index (χ4v) is 4.50. The molecule has 0 saturated carbocycles. The van der Waals surface area contributed by atoms with E-state index in [0.717, 1.165) is 12.1 Å². The number of alkyl halides is 3. The summed E-state index contributed by atoms with van der Waals surface area (Å²) in [6, 6.07) is 8.64. The second kappa shape index (κ2) is 7.63. The molecule has 160 valence electrons. The quantitative estimate of drug-likeness (QED) is 0.535. The van der Waals surface area contributed by atoms with Gasteiger partial charge in [-0.25, -0.2) is 13.3 Å². The van der Waals surface area contributed by atoms with E-state index in [-0.39, 0.29) is 46.7 Å². The summed E-state index contributed by atoms with van der Waals surface area (Å²) in [7, 11) is -3.74. The van der Waals surface area contributed by atoms with Gasteiger partial charge >= 0.3 is 6.18 Å². The van der Waals surface area contributed by atoms with E-state index in [9.17, 15) is 21.6 Å². The Morgan fingerprint density at radius 1 is 1.13 bits per heavy atom. The molecule has 1 aliphatic heterocycles. The molecule has 4 rings (SSSR count). The van der Waals surface area contributed by atoms with Gasteiger partial charge in [-0.2, -0.15) is 13.2 Å². The van der Waals surface area contributed by atoms with Crippen molar-refractivity contribution in [2.75, 3.05) is 18.1 Å². The molecule has 0 bridgehead atoms. The molecular weight excluding hydrogens is 435 g/mol. The Balaban J connectivity index is 1.71. The minimum atomic E-state index is -4.56. The SMILES string of the molecule is [C-]#[N+]c1cc(C(F)(F)F)ccc1N1CCOc2cc(S(=O)(=O)Cc3ccno3)ccc21. The Morgan fingerprint density at radius 3 is 2.58 bits per heavy atom. The molecule has 0 unspecified atom stereocenters. The van der Waals surface area contributed by atoms with E-state index in [1.54, 1.807) is 4.90 Å². The monoisotopic (exact) mass is 449 g/mol. The van der Waals surface area contributed by atoms with Crippen molar-refractivity contribution < 1.29 is 30.8 Å². The van der Waals surface area contributed by atoms with Crippen LogP contribution in [0.25, 0.3) is 4.85 Å².